The normalized spacial score (nSPS) is 20.9. The van der Waals surface area contributed by atoms with Crippen molar-refractivity contribution in [2.24, 2.45) is 0 Å². The number of unbranched alkanes of at least 4 members (excludes halogenated alkanes) is 1. The molecule has 1 aliphatic heterocycles. The first-order chi connectivity index (χ1) is 6.79. The molecule has 1 rings (SSSR count). The van der Waals surface area contributed by atoms with E-state index in [-0.39, 0.29) is 12.1 Å². The van der Waals surface area contributed by atoms with Crippen LogP contribution in [-0.2, 0) is 9.53 Å². The molecule has 80 valence electrons. The zero-order valence-electron chi connectivity index (χ0n) is 8.57. The van der Waals surface area contributed by atoms with Crippen molar-refractivity contribution in [2.45, 2.75) is 38.6 Å². The summed E-state index contributed by atoms with van der Waals surface area (Å²) in [4.78, 5) is 23.6. The van der Waals surface area contributed by atoms with Crippen LogP contribution >= 0.6 is 0 Å². The largest absolute Gasteiger partial charge is 0.449 e. The van der Waals surface area contributed by atoms with Crippen LogP contribution in [0, 0.1) is 0 Å². The average Bonchev–Trinajstić information content (AvgIpc) is 2.65. The predicted octanol–water partition coefficient (Wildman–Crippen LogP) is 1.59. The van der Waals surface area contributed by atoms with Crippen molar-refractivity contribution in [1.82, 2.24) is 4.90 Å². The highest BCUT2D eigenvalue weighted by Crippen LogP contribution is 2.16. The lowest BCUT2D eigenvalue weighted by Crippen LogP contribution is -2.36. The first-order valence-corrected chi connectivity index (χ1v) is 5.18. The molecule has 0 N–H and O–H groups in total. The van der Waals surface area contributed by atoms with Crippen molar-refractivity contribution < 1.29 is 14.3 Å². The molecule has 0 spiro atoms. The van der Waals surface area contributed by atoms with Crippen LogP contribution in [0.2, 0.25) is 0 Å². The van der Waals surface area contributed by atoms with Gasteiger partial charge in [-0.3, -0.25) is 4.90 Å². The van der Waals surface area contributed by atoms with E-state index in [1.54, 1.807) is 0 Å². The smallest absolute Gasteiger partial charge is 0.410 e. The minimum atomic E-state index is -0.340. The number of aldehydes is 1. The summed E-state index contributed by atoms with van der Waals surface area (Å²) in [6, 6.07) is -0.260. The van der Waals surface area contributed by atoms with Crippen LogP contribution < -0.4 is 0 Å². The average molecular weight is 199 g/mol. The minimum absolute atomic E-state index is 0.260. The molecule has 14 heavy (non-hydrogen) atoms. The van der Waals surface area contributed by atoms with E-state index in [1.165, 1.54) is 4.90 Å². The molecule has 1 amide bonds. The molecule has 0 radical (unpaired) electrons. The van der Waals surface area contributed by atoms with Gasteiger partial charge in [-0.2, -0.15) is 0 Å². The lowest BCUT2D eigenvalue weighted by molar-refractivity contribution is -0.111. The SMILES string of the molecule is CCCCOC(=O)N1CCC[C@H]1C=O. The van der Waals surface area contributed by atoms with Gasteiger partial charge in [0.05, 0.1) is 12.6 Å². The maximum Gasteiger partial charge on any atom is 0.410 e. The predicted molar refractivity (Wildman–Crippen MR) is 52.0 cm³/mol. The highest BCUT2D eigenvalue weighted by Gasteiger charge is 2.29. The topological polar surface area (TPSA) is 46.6 Å². The first-order valence-electron chi connectivity index (χ1n) is 5.18. The van der Waals surface area contributed by atoms with Crippen molar-refractivity contribution in [1.29, 1.82) is 0 Å². The van der Waals surface area contributed by atoms with Gasteiger partial charge < -0.3 is 9.53 Å². The highest BCUT2D eigenvalue weighted by atomic mass is 16.6. The van der Waals surface area contributed by atoms with E-state index in [0.29, 0.717) is 13.2 Å². The van der Waals surface area contributed by atoms with E-state index >= 15 is 0 Å². The van der Waals surface area contributed by atoms with Crippen molar-refractivity contribution >= 4 is 12.4 Å². The van der Waals surface area contributed by atoms with Gasteiger partial charge in [-0.05, 0) is 19.3 Å². The van der Waals surface area contributed by atoms with Gasteiger partial charge in [0.15, 0.2) is 0 Å². The van der Waals surface area contributed by atoms with Gasteiger partial charge in [0, 0.05) is 6.54 Å². The third kappa shape index (κ3) is 2.72. The second-order valence-corrected chi connectivity index (χ2v) is 3.51. The third-order valence-electron chi connectivity index (χ3n) is 2.41. The third-order valence-corrected chi connectivity index (χ3v) is 2.41. The molecule has 1 aliphatic rings. The molecule has 4 nitrogen and oxygen atoms in total. The molecule has 4 heteroatoms. The van der Waals surface area contributed by atoms with Crippen LogP contribution in [0.3, 0.4) is 0 Å². The Morgan fingerprint density at radius 3 is 3.07 bits per heavy atom. The van der Waals surface area contributed by atoms with Gasteiger partial charge in [-0.15, -0.1) is 0 Å². The summed E-state index contributed by atoms with van der Waals surface area (Å²) in [7, 11) is 0. The zero-order chi connectivity index (χ0) is 10.4. The number of carbonyl (C=O) groups excluding carboxylic acids is 2. The maximum atomic E-state index is 11.4. The van der Waals surface area contributed by atoms with Gasteiger partial charge in [-0.25, -0.2) is 4.79 Å². The van der Waals surface area contributed by atoms with Gasteiger partial charge >= 0.3 is 6.09 Å². The monoisotopic (exact) mass is 199 g/mol. The second-order valence-electron chi connectivity index (χ2n) is 3.51. The Bertz CT molecular complexity index is 206. The number of likely N-dealkylation sites (tertiary alicyclic amines) is 1. The number of nitrogens with zero attached hydrogens (tertiary/aromatic N) is 1. The Labute approximate surface area is 84.2 Å². The van der Waals surface area contributed by atoms with E-state index in [4.69, 9.17) is 4.74 Å². The standard InChI is InChI=1S/C10H17NO3/c1-2-3-7-14-10(13)11-6-4-5-9(11)8-12/h8-9H,2-7H2,1H3/t9-/m0/s1. The molecule has 0 aromatic heterocycles. The van der Waals surface area contributed by atoms with Gasteiger partial charge in [-0.1, -0.05) is 13.3 Å². The van der Waals surface area contributed by atoms with Crippen LogP contribution in [0.15, 0.2) is 0 Å². The molecule has 1 saturated heterocycles. The Morgan fingerprint density at radius 1 is 1.64 bits per heavy atom. The summed E-state index contributed by atoms with van der Waals surface area (Å²) in [5, 5.41) is 0. The van der Waals surface area contributed by atoms with E-state index < -0.39 is 0 Å². The fourth-order valence-electron chi connectivity index (χ4n) is 1.55. The first kappa shape index (κ1) is 11.0. The molecule has 1 atom stereocenters. The molecule has 1 fully saturated rings. The number of rotatable bonds is 4. The summed E-state index contributed by atoms with van der Waals surface area (Å²) in [6.07, 6.45) is 4.04. The summed E-state index contributed by atoms with van der Waals surface area (Å²) < 4.78 is 5.03. The van der Waals surface area contributed by atoms with Gasteiger partial charge in [0.25, 0.3) is 0 Å². The molecule has 0 aromatic rings. The molecule has 0 aromatic carbocycles. The fourth-order valence-corrected chi connectivity index (χ4v) is 1.55. The molecule has 0 bridgehead atoms. The highest BCUT2D eigenvalue weighted by molar-refractivity contribution is 5.74. The van der Waals surface area contributed by atoms with Gasteiger partial charge in [0.1, 0.15) is 6.29 Å². The Morgan fingerprint density at radius 2 is 2.43 bits per heavy atom. The molecular weight excluding hydrogens is 182 g/mol. The van der Waals surface area contributed by atoms with E-state index in [0.717, 1.165) is 32.0 Å². The number of hydrogen-bond acceptors (Lipinski definition) is 3. The minimum Gasteiger partial charge on any atom is -0.449 e. The molecule has 0 saturated carbocycles. The Hall–Kier alpha value is -1.06. The number of amides is 1. The summed E-state index contributed by atoms with van der Waals surface area (Å²) in [5.41, 5.74) is 0. The quantitative estimate of drug-likeness (QED) is 0.510. The lowest BCUT2D eigenvalue weighted by Gasteiger charge is -2.19. The van der Waals surface area contributed by atoms with Crippen LogP contribution in [0.25, 0.3) is 0 Å². The molecular formula is C10H17NO3. The Balaban J connectivity index is 2.32. The van der Waals surface area contributed by atoms with Crippen LogP contribution in [0.5, 0.6) is 0 Å². The molecule has 0 aliphatic carbocycles. The van der Waals surface area contributed by atoms with E-state index in [9.17, 15) is 9.59 Å². The summed E-state index contributed by atoms with van der Waals surface area (Å²) >= 11 is 0. The van der Waals surface area contributed by atoms with Crippen LogP contribution in [0.1, 0.15) is 32.6 Å². The van der Waals surface area contributed by atoms with Crippen molar-refractivity contribution in [3.63, 3.8) is 0 Å². The van der Waals surface area contributed by atoms with E-state index in [1.807, 2.05) is 6.92 Å². The number of hydrogen-bond donors (Lipinski definition) is 0. The second kappa shape index (κ2) is 5.62. The Kier molecular flexibility index (Phi) is 4.43. The number of carbonyl (C=O) groups is 2. The van der Waals surface area contributed by atoms with Crippen LogP contribution in [-0.4, -0.2) is 36.5 Å². The molecule has 1 heterocycles. The maximum absolute atomic E-state index is 11.4. The van der Waals surface area contributed by atoms with Crippen molar-refractivity contribution in [3.05, 3.63) is 0 Å². The van der Waals surface area contributed by atoms with Gasteiger partial charge in [0.2, 0.25) is 0 Å². The zero-order valence-corrected chi connectivity index (χ0v) is 8.57. The lowest BCUT2D eigenvalue weighted by atomic mass is 10.2. The summed E-state index contributed by atoms with van der Waals surface area (Å²) in [6.45, 7) is 3.14. The number of ether oxygens (including phenoxy) is 1. The van der Waals surface area contributed by atoms with E-state index in [2.05, 4.69) is 0 Å². The van der Waals surface area contributed by atoms with Crippen molar-refractivity contribution in [3.8, 4) is 0 Å². The van der Waals surface area contributed by atoms with Crippen molar-refractivity contribution in [2.75, 3.05) is 13.2 Å². The van der Waals surface area contributed by atoms with Crippen LogP contribution in [0.4, 0.5) is 4.79 Å². The fraction of sp³-hybridized carbons (Fsp3) is 0.800. The summed E-state index contributed by atoms with van der Waals surface area (Å²) in [5.74, 6) is 0. The molecule has 0 unspecified atom stereocenters.